The van der Waals surface area contributed by atoms with E-state index in [1.54, 1.807) is 5.57 Å². The molecule has 0 radical (unpaired) electrons. The third-order valence-electron chi connectivity index (χ3n) is 4.56. The average molecular weight is 462 g/mol. The van der Waals surface area contributed by atoms with Crippen LogP contribution >= 0.6 is 36.8 Å². The number of hydrogen-bond acceptors (Lipinski definition) is 2. The fourth-order valence-electron chi connectivity index (χ4n) is 2.88. The van der Waals surface area contributed by atoms with E-state index in [2.05, 4.69) is 36.6 Å². The van der Waals surface area contributed by atoms with Gasteiger partial charge in [0, 0.05) is 34.1 Å². The van der Waals surface area contributed by atoms with Crippen LogP contribution in [0.3, 0.4) is 0 Å². The Morgan fingerprint density at radius 3 is 2.41 bits per heavy atom. The molecule has 1 aliphatic carbocycles. The van der Waals surface area contributed by atoms with E-state index in [1.165, 1.54) is 25.0 Å². The number of halogens is 2. The summed E-state index contributed by atoms with van der Waals surface area (Å²) in [5.41, 5.74) is 5.97. The fraction of sp³-hybridized carbons (Fsp3) is 0.227. The molecule has 3 rings (SSSR count). The molecular weight excluding hydrogens is 439 g/mol. The summed E-state index contributed by atoms with van der Waals surface area (Å²) < 4.78 is 1.06. The van der Waals surface area contributed by atoms with Gasteiger partial charge in [-0.25, -0.2) is 0 Å². The molecule has 140 valence electrons. The summed E-state index contributed by atoms with van der Waals surface area (Å²) in [6, 6.07) is 16.0. The molecule has 0 aliphatic heterocycles. The number of hydrogen-bond donors (Lipinski definition) is 1. The Hall–Kier alpha value is -1.41. The summed E-state index contributed by atoms with van der Waals surface area (Å²) in [6.45, 7) is 0. The molecule has 1 unspecified atom stereocenters. The van der Waals surface area contributed by atoms with Gasteiger partial charge in [0.05, 0.1) is 5.70 Å². The third kappa shape index (κ3) is 6.04. The Kier molecular flexibility index (Phi) is 7.70. The first kappa shape index (κ1) is 20.3. The van der Waals surface area contributed by atoms with Crippen molar-refractivity contribution < 1.29 is 0 Å². The fourth-order valence-corrected chi connectivity index (χ4v) is 3.51. The highest BCUT2D eigenvalue weighted by molar-refractivity contribution is 9.10. The van der Waals surface area contributed by atoms with Gasteiger partial charge in [0.25, 0.3) is 0 Å². The van der Waals surface area contributed by atoms with Crippen LogP contribution in [0.25, 0.3) is 5.70 Å². The number of nitrogens with zero attached hydrogens (tertiary/aromatic N) is 1. The van der Waals surface area contributed by atoms with Crippen LogP contribution in [0, 0.1) is 0 Å². The molecule has 0 spiro atoms. The Morgan fingerprint density at radius 1 is 1.11 bits per heavy atom. The number of rotatable bonds is 7. The van der Waals surface area contributed by atoms with Crippen molar-refractivity contribution in [2.45, 2.75) is 25.7 Å². The summed E-state index contributed by atoms with van der Waals surface area (Å²) in [5, 5.41) is 4.23. The molecule has 27 heavy (non-hydrogen) atoms. The molecule has 0 amide bonds. The molecule has 0 heterocycles. The summed E-state index contributed by atoms with van der Waals surface area (Å²) in [7, 11) is 2.74. The third-order valence-corrected chi connectivity index (χ3v) is 5.55. The molecule has 1 fully saturated rings. The number of allylic oxidation sites excluding steroid dienone is 2. The lowest BCUT2D eigenvalue weighted by molar-refractivity contribution is 0.631. The van der Waals surface area contributed by atoms with E-state index in [1.807, 2.05) is 54.7 Å². The van der Waals surface area contributed by atoms with Gasteiger partial charge >= 0.3 is 0 Å². The smallest absolute Gasteiger partial charge is 0.0666 e. The van der Waals surface area contributed by atoms with Crippen LogP contribution in [0.5, 0.6) is 0 Å². The van der Waals surface area contributed by atoms with E-state index in [4.69, 9.17) is 16.6 Å². The van der Waals surface area contributed by atoms with Crippen LogP contribution in [0.2, 0.25) is 5.02 Å². The Labute approximate surface area is 177 Å². The highest BCUT2D eigenvalue weighted by Crippen LogP contribution is 2.30. The zero-order chi connectivity index (χ0) is 19.1. The molecule has 1 saturated carbocycles. The van der Waals surface area contributed by atoms with E-state index in [0.29, 0.717) is 0 Å². The van der Waals surface area contributed by atoms with E-state index < -0.39 is 0 Å². The molecule has 0 aromatic heterocycles. The van der Waals surface area contributed by atoms with Gasteiger partial charge in [-0.05, 0) is 54.7 Å². The maximum atomic E-state index is 6.06. The molecule has 2 aromatic rings. The van der Waals surface area contributed by atoms with Crippen molar-refractivity contribution in [1.82, 2.24) is 5.32 Å². The molecule has 1 aliphatic rings. The topological polar surface area (TPSA) is 24.4 Å². The lowest BCUT2D eigenvalue weighted by Gasteiger charge is -2.22. The molecule has 1 N–H and O–H groups in total. The summed E-state index contributed by atoms with van der Waals surface area (Å²) >= 11 is 9.53. The molecule has 5 heteroatoms. The minimum absolute atomic E-state index is 0.733. The van der Waals surface area contributed by atoms with Crippen molar-refractivity contribution in [3.63, 3.8) is 0 Å². The highest BCUT2D eigenvalue weighted by atomic mass is 79.9. The second-order valence-electron chi connectivity index (χ2n) is 6.43. The van der Waals surface area contributed by atoms with Gasteiger partial charge in [-0.1, -0.05) is 63.4 Å². The number of benzene rings is 2. The van der Waals surface area contributed by atoms with Crippen LogP contribution in [0.1, 0.15) is 36.8 Å². The van der Waals surface area contributed by atoms with E-state index in [9.17, 15) is 0 Å². The van der Waals surface area contributed by atoms with Crippen LogP contribution in [0.4, 0.5) is 0 Å². The van der Waals surface area contributed by atoms with E-state index >= 15 is 0 Å². The zero-order valence-electron chi connectivity index (χ0n) is 15.1. The number of aliphatic imine (C=N–C) groups is 1. The highest BCUT2D eigenvalue weighted by Gasteiger charge is 2.13. The molecule has 2 nitrogen and oxygen atoms in total. The largest absolute Gasteiger partial charge is 0.385 e. The lowest BCUT2D eigenvalue weighted by atomic mass is 9.89. The predicted octanol–water partition coefficient (Wildman–Crippen LogP) is 6.81. The van der Waals surface area contributed by atoms with Gasteiger partial charge in [0.1, 0.15) is 0 Å². The summed E-state index contributed by atoms with van der Waals surface area (Å²) in [4.78, 5) is 4.78. The maximum absolute atomic E-state index is 6.06. The minimum atomic E-state index is 0.733. The normalized spacial score (nSPS) is 14.3. The molecule has 2 aromatic carbocycles. The summed E-state index contributed by atoms with van der Waals surface area (Å²) in [6.07, 6.45) is 9.55. The van der Waals surface area contributed by atoms with Gasteiger partial charge in [0.2, 0.25) is 0 Å². The predicted molar refractivity (Wildman–Crippen MR) is 124 cm³/mol. The van der Waals surface area contributed by atoms with E-state index in [-0.39, 0.29) is 0 Å². The van der Waals surface area contributed by atoms with Gasteiger partial charge < -0.3 is 5.32 Å². The first-order valence-corrected chi connectivity index (χ1v) is 11.0. The Morgan fingerprint density at radius 2 is 1.81 bits per heavy atom. The number of nitrogens with one attached hydrogen (secondary N) is 1. The van der Waals surface area contributed by atoms with Crippen molar-refractivity contribution in [2.75, 3.05) is 6.29 Å². The van der Waals surface area contributed by atoms with E-state index in [0.717, 1.165) is 39.0 Å². The monoisotopic (exact) mass is 460 g/mol. The Balaban J connectivity index is 1.86. The SMILES string of the molecule is PCNC(C/C=C(\N=Cc1ccc(Br)cc1)c1ccc(Cl)cc1)=C1CCC1. The van der Waals surface area contributed by atoms with Crippen LogP contribution in [-0.4, -0.2) is 12.5 Å². The first-order valence-electron chi connectivity index (χ1n) is 9.06. The minimum Gasteiger partial charge on any atom is -0.385 e. The van der Waals surface area contributed by atoms with Crippen molar-refractivity contribution in [3.8, 4) is 0 Å². The van der Waals surface area contributed by atoms with Gasteiger partial charge in [-0.2, -0.15) is 0 Å². The van der Waals surface area contributed by atoms with Crippen molar-refractivity contribution >= 4 is 48.7 Å². The molecule has 1 atom stereocenters. The molecule has 0 saturated heterocycles. The van der Waals surface area contributed by atoms with Crippen LogP contribution in [0.15, 0.2) is 75.3 Å². The molecular formula is C22H23BrClN2P. The van der Waals surface area contributed by atoms with Gasteiger partial charge in [0.15, 0.2) is 0 Å². The lowest BCUT2D eigenvalue weighted by Crippen LogP contribution is -2.16. The molecule has 0 bridgehead atoms. The van der Waals surface area contributed by atoms with Crippen LogP contribution < -0.4 is 5.32 Å². The van der Waals surface area contributed by atoms with Crippen molar-refractivity contribution in [1.29, 1.82) is 0 Å². The van der Waals surface area contributed by atoms with Crippen molar-refractivity contribution in [3.05, 3.63) is 86.5 Å². The quantitative estimate of drug-likeness (QED) is 0.355. The maximum Gasteiger partial charge on any atom is 0.0666 e. The van der Waals surface area contributed by atoms with Crippen LogP contribution in [-0.2, 0) is 0 Å². The summed E-state index contributed by atoms with van der Waals surface area (Å²) in [5.74, 6) is 0. The van der Waals surface area contributed by atoms with Gasteiger partial charge in [-0.3, -0.25) is 4.99 Å². The Bertz CT molecular complexity index is 849. The first-order chi connectivity index (χ1) is 13.2. The average Bonchev–Trinajstić information content (AvgIpc) is 2.63. The van der Waals surface area contributed by atoms with Gasteiger partial charge in [-0.15, -0.1) is 9.24 Å². The standard InChI is InChI=1S/C22H23BrClN2P/c23-19-8-4-16(5-9-19)14-25-21(18-6-10-20(24)11-7-18)12-13-22(26-15-27)17-2-1-3-17/h4-12,14,26H,1-3,13,15,27H2/b21-12-,25-14?. The second kappa shape index (κ2) is 10.2. The second-order valence-corrected chi connectivity index (χ2v) is 8.19. The van der Waals surface area contributed by atoms with Crippen molar-refractivity contribution in [2.24, 2.45) is 4.99 Å². The zero-order valence-corrected chi connectivity index (χ0v) is 18.6.